The lowest BCUT2D eigenvalue weighted by Crippen LogP contribution is -2.25. The third kappa shape index (κ3) is 8.78. The second kappa shape index (κ2) is 15.8. The molecule has 3 heteroatoms. The van der Waals surface area contributed by atoms with Crippen molar-refractivity contribution in [2.75, 3.05) is 0 Å². The van der Waals surface area contributed by atoms with E-state index in [9.17, 15) is 4.79 Å². The Morgan fingerprint density at radius 2 is 1.29 bits per heavy atom. The van der Waals surface area contributed by atoms with Crippen LogP contribution in [0.25, 0.3) is 0 Å². The monoisotopic (exact) mass is 502 g/mol. The van der Waals surface area contributed by atoms with E-state index < -0.39 is 7.92 Å². The second-order valence-electron chi connectivity index (χ2n) is 8.97. The fourth-order valence-electron chi connectivity index (χ4n) is 4.33. The number of hydrogen-bond donors (Lipinski definition) is 0. The molecule has 0 fully saturated rings. The van der Waals surface area contributed by atoms with Gasteiger partial charge >= 0.3 is 0 Å². The van der Waals surface area contributed by atoms with Gasteiger partial charge in [-0.1, -0.05) is 155 Å². The molecule has 35 heavy (non-hydrogen) atoms. The predicted octanol–water partition coefficient (Wildman–Crippen LogP) is 8.40. The minimum Gasteiger partial charge on any atom is -0.282 e. The molecule has 0 aliphatic heterocycles. The van der Waals surface area contributed by atoms with Crippen molar-refractivity contribution in [1.82, 2.24) is 0 Å². The summed E-state index contributed by atoms with van der Waals surface area (Å²) >= 11 is 1.45. The van der Waals surface area contributed by atoms with Gasteiger partial charge in [0.25, 0.3) is 0 Å². The van der Waals surface area contributed by atoms with Crippen molar-refractivity contribution in [2.24, 2.45) is 0 Å². The number of thioether (sulfide) groups is 1. The van der Waals surface area contributed by atoms with E-state index in [1.165, 1.54) is 67.3 Å². The van der Waals surface area contributed by atoms with Crippen molar-refractivity contribution in [2.45, 2.75) is 70.0 Å². The zero-order chi connectivity index (χ0) is 24.7. The molecule has 0 aromatic heterocycles. The highest BCUT2D eigenvalue weighted by atomic mass is 32.2. The van der Waals surface area contributed by atoms with Crippen LogP contribution in [0.2, 0.25) is 0 Å². The van der Waals surface area contributed by atoms with Gasteiger partial charge in [0.05, 0.1) is 0 Å². The summed E-state index contributed by atoms with van der Waals surface area (Å²) in [5.41, 5.74) is 0.832. The average molecular weight is 503 g/mol. The normalized spacial score (nSPS) is 11.9. The highest BCUT2D eigenvalue weighted by Crippen LogP contribution is 2.35. The SMILES string of the molecule is C=CC(CCCCCCCCCC)SC(=O)c1ccccc1P(c1ccccc1)c1ccccc1. The zero-order valence-electron chi connectivity index (χ0n) is 21.1. The highest BCUT2D eigenvalue weighted by molar-refractivity contribution is 8.14. The third-order valence-corrected chi connectivity index (χ3v) is 9.92. The molecule has 3 aromatic rings. The molecular formula is C32H39OPS. The summed E-state index contributed by atoms with van der Waals surface area (Å²) in [6.07, 6.45) is 13.4. The predicted molar refractivity (Wildman–Crippen MR) is 158 cm³/mol. The first-order valence-electron chi connectivity index (χ1n) is 13.1. The van der Waals surface area contributed by atoms with E-state index in [0.29, 0.717) is 0 Å². The standard InChI is InChI=1S/C32H39OPS/c1-3-5-6-7-8-9-10-17-24-29(4-2)35-32(33)30-25-18-19-26-31(30)34(27-20-13-11-14-21-27)28-22-15-12-16-23-28/h4,11-16,18-23,25-26,29H,2-3,5-10,17,24H2,1H3. The molecule has 0 saturated carbocycles. The molecule has 3 aromatic carbocycles. The molecule has 0 bridgehead atoms. The van der Waals surface area contributed by atoms with Gasteiger partial charge in [-0.05, 0) is 36.3 Å². The van der Waals surface area contributed by atoms with Crippen LogP contribution in [0.5, 0.6) is 0 Å². The maximum Gasteiger partial charge on any atom is 0.220 e. The molecule has 0 aliphatic rings. The summed E-state index contributed by atoms with van der Waals surface area (Å²) in [4.78, 5) is 13.6. The lowest BCUT2D eigenvalue weighted by atomic mass is 10.1. The summed E-state index contributed by atoms with van der Waals surface area (Å²) in [6.45, 7) is 6.30. The summed E-state index contributed by atoms with van der Waals surface area (Å²) in [6, 6.07) is 29.4. The lowest BCUT2D eigenvalue weighted by molar-refractivity contribution is 0.108. The molecule has 184 valence electrons. The molecule has 0 spiro atoms. The molecule has 0 saturated heterocycles. The van der Waals surface area contributed by atoms with E-state index in [1.54, 1.807) is 0 Å². The van der Waals surface area contributed by atoms with Gasteiger partial charge in [-0.25, -0.2) is 0 Å². The first-order valence-corrected chi connectivity index (χ1v) is 15.3. The van der Waals surface area contributed by atoms with Crippen LogP contribution in [0.3, 0.4) is 0 Å². The Labute approximate surface area is 218 Å². The minimum absolute atomic E-state index is 0.157. The summed E-state index contributed by atoms with van der Waals surface area (Å²) in [7, 11) is -0.811. The van der Waals surface area contributed by atoms with Crippen LogP contribution in [0.15, 0.2) is 97.6 Å². The van der Waals surface area contributed by atoms with E-state index in [1.807, 2.05) is 18.2 Å². The largest absolute Gasteiger partial charge is 0.282 e. The van der Waals surface area contributed by atoms with E-state index in [0.717, 1.165) is 23.7 Å². The Bertz CT molecular complexity index is 979. The van der Waals surface area contributed by atoms with E-state index in [4.69, 9.17) is 0 Å². The van der Waals surface area contributed by atoms with Gasteiger partial charge in [0.1, 0.15) is 0 Å². The van der Waals surface area contributed by atoms with Gasteiger partial charge in [0.2, 0.25) is 5.12 Å². The molecule has 1 nitrogen and oxygen atoms in total. The van der Waals surface area contributed by atoms with Gasteiger partial charge in [0, 0.05) is 10.8 Å². The number of benzene rings is 3. The Balaban J connectivity index is 1.69. The Morgan fingerprint density at radius 1 is 0.771 bits per heavy atom. The Kier molecular flexibility index (Phi) is 12.4. The van der Waals surface area contributed by atoms with Crippen molar-refractivity contribution in [1.29, 1.82) is 0 Å². The van der Waals surface area contributed by atoms with E-state index >= 15 is 0 Å². The topological polar surface area (TPSA) is 17.1 Å². The first-order chi connectivity index (χ1) is 17.2. The van der Waals surface area contributed by atoms with Crippen LogP contribution in [0, 0.1) is 0 Å². The van der Waals surface area contributed by atoms with Crippen molar-refractivity contribution in [3.05, 3.63) is 103 Å². The molecule has 0 N–H and O–H groups in total. The molecule has 0 heterocycles. The van der Waals surface area contributed by atoms with E-state index in [2.05, 4.69) is 86.3 Å². The molecular weight excluding hydrogens is 463 g/mol. The Morgan fingerprint density at radius 3 is 1.86 bits per heavy atom. The van der Waals surface area contributed by atoms with Gasteiger partial charge in [0.15, 0.2) is 0 Å². The molecule has 1 unspecified atom stereocenters. The summed E-state index contributed by atoms with van der Waals surface area (Å²) in [5.74, 6) is 0. The smallest absolute Gasteiger partial charge is 0.220 e. The first kappa shape index (κ1) is 27.4. The molecule has 0 aliphatic carbocycles. The van der Waals surface area contributed by atoms with Crippen molar-refractivity contribution < 1.29 is 4.79 Å². The van der Waals surface area contributed by atoms with Gasteiger partial charge in [-0.2, -0.15) is 0 Å². The van der Waals surface area contributed by atoms with Gasteiger partial charge < -0.3 is 0 Å². The van der Waals surface area contributed by atoms with Crippen LogP contribution < -0.4 is 15.9 Å². The summed E-state index contributed by atoms with van der Waals surface area (Å²) < 4.78 is 0. The third-order valence-electron chi connectivity index (χ3n) is 6.26. The molecule has 0 radical (unpaired) electrons. The number of carbonyl (C=O) groups excluding carboxylic acids is 1. The number of rotatable bonds is 15. The van der Waals surface area contributed by atoms with E-state index in [-0.39, 0.29) is 10.4 Å². The van der Waals surface area contributed by atoms with Crippen molar-refractivity contribution in [3.63, 3.8) is 0 Å². The average Bonchev–Trinajstić information content (AvgIpc) is 2.91. The van der Waals surface area contributed by atoms with Crippen LogP contribution in [-0.2, 0) is 0 Å². The second-order valence-corrected chi connectivity index (χ2v) is 12.4. The maximum absolute atomic E-state index is 13.6. The minimum atomic E-state index is -0.811. The fraction of sp³-hybridized carbons (Fsp3) is 0.344. The lowest BCUT2D eigenvalue weighted by Gasteiger charge is -2.22. The summed E-state index contributed by atoms with van der Waals surface area (Å²) in [5, 5.41) is 3.98. The zero-order valence-corrected chi connectivity index (χ0v) is 22.8. The molecule has 3 rings (SSSR count). The van der Waals surface area contributed by atoms with Crippen LogP contribution >= 0.6 is 19.7 Å². The molecule has 1 atom stereocenters. The van der Waals surface area contributed by atoms with Crippen LogP contribution in [-0.4, -0.2) is 10.4 Å². The van der Waals surface area contributed by atoms with Gasteiger partial charge in [-0.3, -0.25) is 4.79 Å². The van der Waals surface area contributed by atoms with Crippen LogP contribution in [0.4, 0.5) is 0 Å². The number of unbranched alkanes of at least 4 members (excludes halogenated alkanes) is 7. The number of carbonyl (C=O) groups is 1. The van der Waals surface area contributed by atoms with Crippen molar-refractivity contribution in [3.8, 4) is 0 Å². The Hall–Kier alpha value is -2.15. The number of hydrogen-bond acceptors (Lipinski definition) is 2. The van der Waals surface area contributed by atoms with Crippen molar-refractivity contribution >= 4 is 40.7 Å². The quantitative estimate of drug-likeness (QED) is 0.118. The fourth-order valence-corrected chi connectivity index (χ4v) is 7.81. The highest BCUT2D eigenvalue weighted by Gasteiger charge is 2.23. The van der Waals surface area contributed by atoms with Gasteiger partial charge in [-0.15, -0.1) is 6.58 Å². The maximum atomic E-state index is 13.6. The molecule has 0 amide bonds. The van der Waals surface area contributed by atoms with Crippen LogP contribution in [0.1, 0.15) is 75.1 Å².